The van der Waals surface area contributed by atoms with Crippen molar-refractivity contribution in [1.82, 2.24) is 19.8 Å². The molecule has 0 fully saturated rings. The fraction of sp³-hybridized carbons (Fsp3) is 0.500. The van der Waals surface area contributed by atoms with Crippen molar-refractivity contribution in [3.05, 3.63) is 29.6 Å². The Hall–Kier alpha value is -2.45. The zero-order valence-electron chi connectivity index (χ0n) is 16.1. The van der Waals surface area contributed by atoms with Crippen molar-refractivity contribution in [1.29, 1.82) is 0 Å². The molecule has 8 nitrogen and oxygen atoms in total. The number of nitrogens with one attached hydrogen (secondary N) is 1. The molecule has 0 aliphatic heterocycles. The summed E-state index contributed by atoms with van der Waals surface area (Å²) in [4.78, 5) is 23.5. The van der Waals surface area contributed by atoms with Crippen LogP contribution >= 0.6 is 0 Å². The summed E-state index contributed by atoms with van der Waals surface area (Å²) in [5.41, 5.74) is 3.59. The molecule has 0 saturated heterocycles. The highest BCUT2D eigenvalue weighted by atomic mass is 16.3. The third-order valence-electron chi connectivity index (χ3n) is 3.83. The Kier molecular flexibility index (Phi) is 11.6. The first kappa shape index (κ1) is 23.5. The first-order valence-electron chi connectivity index (χ1n) is 8.26. The lowest BCUT2D eigenvalue weighted by Crippen LogP contribution is -2.29. The number of carboxylic acid groups (broad SMARTS) is 2. The van der Waals surface area contributed by atoms with Gasteiger partial charge < -0.3 is 25.0 Å². The molecule has 0 saturated carbocycles. The van der Waals surface area contributed by atoms with Crippen LogP contribution < -0.4 is 5.32 Å². The number of nitrogens with zero attached hydrogens (tertiary/aromatic N) is 3. The molecule has 2 rings (SSSR count). The fourth-order valence-corrected chi connectivity index (χ4v) is 2.32. The predicted molar refractivity (Wildman–Crippen MR) is 102 cm³/mol. The largest absolute Gasteiger partial charge is 0.483 e. The van der Waals surface area contributed by atoms with Crippen molar-refractivity contribution in [2.75, 3.05) is 20.6 Å². The van der Waals surface area contributed by atoms with Crippen LogP contribution in [0.1, 0.15) is 24.7 Å². The number of aryl methyl sites for hydroxylation is 2. The van der Waals surface area contributed by atoms with Gasteiger partial charge in [-0.15, -0.1) is 0 Å². The molecule has 1 aromatic carbocycles. The van der Waals surface area contributed by atoms with Crippen molar-refractivity contribution < 1.29 is 19.8 Å². The van der Waals surface area contributed by atoms with Gasteiger partial charge in [0, 0.05) is 19.6 Å². The molecule has 0 radical (unpaired) electrons. The summed E-state index contributed by atoms with van der Waals surface area (Å²) in [6.45, 7) is 5.81. The second kappa shape index (κ2) is 12.8. The number of aromatic nitrogens is 2. The van der Waals surface area contributed by atoms with Crippen molar-refractivity contribution in [3.8, 4) is 0 Å². The first-order valence-corrected chi connectivity index (χ1v) is 8.26. The maximum atomic E-state index is 8.36. The number of benzene rings is 1. The van der Waals surface area contributed by atoms with E-state index in [1.807, 2.05) is 6.92 Å². The van der Waals surface area contributed by atoms with Crippen molar-refractivity contribution >= 4 is 24.0 Å². The number of carbonyl (C=O) groups is 2. The SMILES string of the molecule is Cc1nc2cc(CNC(C)CCN(C)C)ccc2n1C.O=CO.O=CO. The molecular formula is C18H30N4O4. The van der Waals surface area contributed by atoms with Crippen LogP contribution in [0.15, 0.2) is 18.2 Å². The van der Waals surface area contributed by atoms with Gasteiger partial charge in [0.1, 0.15) is 5.82 Å². The second-order valence-corrected chi connectivity index (χ2v) is 6.13. The van der Waals surface area contributed by atoms with Crippen molar-refractivity contribution in [2.24, 2.45) is 7.05 Å². The molecule has 2 aromatic rings. The minimum absolute atomic E-state index is 0.250. The van der Waals surface area contributed by atoms with Crippen LogP contribution in [0.5, 0.6) is 0 Å². The lowest BCUT2D eigenvalue weighted by molar-refractivity contribution is -0.123. The van der Waals surface area contributed by atoms with Crippen molar-refractivity contribution in [3.63, 3.8) is 0 Å². The topological polar surface area (TPSA) is 108 Å². The van der Waals surface area contributed by atoms with Gasteiger partial charge in [-0.05, 0) is 58.6 Å². The lowest BCUT2D eigenvalue weighted by atomic mass is 10.1. The molecule has 26 heavy (non-hydrogen) atoms. The molecule has 0 bridgehead atoms. The minimum atomic E-state index is -0.250. The quantitative estimate of drug-likeness (QED) is 0.668. The van der Waals surface area contributed by atoms with E-state index in [1.165, 1.54) is 11.1 Å². The molecular weight excluding hydrogens is 336 g/mol. The van der Waals surface area contributed by atoms with Gasteiger partial charge >= 0.3 is 0 Å². The standard InChI is InChI=1S/C16H26N4.2CH2O2/c1-12(8-9-19(3)4)17-11-14-6-7-16-15(10-14)18-13(2)20(16)5;2*2-1-3/h6-7,10,12,17H,8-9,11H2,1-5H3;2*1H,(H,2,3). The van der Waals surface area contributed by atoms with Gasteiger partial charge in [0.25, 0.3) is 12.9 Å². The number of hydrogen-bond donors (Lipinski definition) is 3. The molecule has 0 amide bonds. The van der Waals surface area contributed by atoms with Crippen LogP contribution in [-0.4, -0.2) is 64.3 Å². The highest BCUT2D eigenvalue weighted by molar-refractivity contribution is 5.76. The van der Waals surface area contributed by atoms with Crippen LogP contribution in [0.2, 0.25) is 0 Å². The lowest BCUT2D eigenvalue weighted by Gasteiger charge is -2.16. The third kappa shape index (κ3) is 8.59. The summed E-state index contributed by atoms with van der Waals surface area (Å²) < 4.78 is 2.13. The maximum absolute atomic E-state index is 8.36. The van der Waals surface area contributed by atoms with Crippen LogP contribution in [0, 0.1) is 6.92 Å². The number of fused-ring (bicyclic) bond motifs is 1. The van der Waals surface area contributed by atoms with Crippen LogP contribution in [0.3, 0.4) is 0 Å². The van der Waals surface area contributed by atoms with Crippen LogP contribution in [-0.2, 0) is 23.2 Å². The van der Waals surface area contributed by atoms with Gasteiger partial charge in [-0.25, -0.2) is 4.98 Å². The maximum Gasteiger partial charge on any atom is 0.290 e. The molecule has 1 heterocycles. The number of imidazole rings is 1. The number of hydrogen-bond acceptors (Lipinski definition) is 5. The molecule has 1 unspecified atom stereocenters. The average molecular weight is 366 g/mol. The van der Waals surface area contributed by atoms with Gasteiger partial charge in [-0.1, -0.05) is 6.07 Å². The van der Waals surface area contributed by atoms with E-state index < -0.39 is 0 Å². The molecule has 8 heteroatoms. The van der Waals surface area contributed by atoms with Gasteiger partial charge in [-0.2, -0.15) is 0 Å². The zero-order chi connectivity index (χ0) is 20.1. The second-order valence-electron chi connectivity index (χ2n) is 6.13. The Morgan fingerprint density at radius 1 is 1.27 bits per heavy atom. The van der Waals surface area contributed by atoms with Crippen LogP contribution in [0.25, 0.3) is 11.0 Å². The molecule has 1 aromatic heterocycles. The van der Waals surface area contributed by atoms with Crippen LogP contribution in [0.4, 0.5) is 0 Å². The van der Waals surface area contributed by atoms with E-state index in [2.05, 4.69) is 66.0 Å². The van der Waals surface area contributed by atoms with E-state index >= 15 is 0 Å². The summed E-state index contributed by atoms with van der Waals surface area (Å²) in [6, 6.07) is 7.07. The van der Waals surface area contributed by atoms with E-state index in [-0.39, 0.29) is 12.9 Å². The normalized spacial score (nSPS) is 11.2. The summed E-state index contributed by atoms with van der Waals surface area (Å²) in [6.07, 6.45) is 1.16. The monoisotopic (exact) mass is 366 g/mol. The van der Waals surface area contributed by atoms with E-state index in [0.29, 0.717) is 6.04 Å². The highest BCUT2D eigenvalue weighted by Crippen LogP contribution is 2.16. The fourth-order valence-electron chi connectivity index (χ4n) is 2.32. The molecule has 0 aliphatic carbocycles. The average Bonchev–Trinajstić information content (AvgIpc) is 2.86. The first-order chi connectivity index (χ1) is 12.3. The zero-order valence-corrected chi connectivity index (χ0v) is 16.1. The molecule has 0 spiro atoms. The predicted octanol–water partition coefficient (Wildman–Crippen LogP) is 1.71. The van der Waals surface area contributed by atoms with Gasteiger partial charge in [0.15, 0.2) is 0 Å². The van der Waals surface area contributed by atoms with Gasteiger partial charge in [0.2, 0.25) is 0 Å². The third-order valence-corrected chi connectivity index (χ3v) is 3.83. The smallest absolute Gasteiger partial charge is 0.290 e. The molecule has 3 N–H and O–H groups in total. The molecule has 146 valence electrons. The minimum Gasteiger partial charge on any atom is -0.483 e. The Morgan fingerprint density at radius 2 is 1.85 bits per heavy atom. The van der Waals surface area contributed by atoms with E-state index in [0.717, 1.165) is 30.9 Å². The Balaban J connectivity index is 0.000000918. The van der Waals surface area contributed by atoms with Crippen molar-refractivity contribution in [2.45, 2.75) is 32.9 Å². The summed E-state index contributed by atoms with van der Waals surface area (Å²) in [5.74, 6) is 1.06. The Morgan fingerprint density at radius 3 is 2.38 bits per heavy atom. The Bertz CT molecular complexity index is 664. The van der Waals surface area contributed by atoms with E-state index in [1.54, 1.807) is 0 Å². The summed E-state index contributed by atoms with van der Waals surface area (Å²) in [7, 11) is 6.29. The molecule has 1 atom stereocenters. The Labute approximate surface area is 154 Å². The number of rotatable bonds is 6. The van der Waals surface area contributed by atoms with E-state index in [4.69, 9.17) is 19.8 Å². The van der Waals surface area contributed by atoms with E-state index in [9.17, 15) is 0 Å². The highest BCUT2D eigenvalue weighted by Gasteiger charge is 2.06. The summed E-state index contributed by atoms with van der Waals surface area (Å²) >= 11 is 0. The molecule has 0 aliphatic rings. The summed E-state index contributed by atoms with van der Waals surface area (Å²) in [5, 5.41) is 17.4. The van der Waals surface area contributed by atoms with Gasteiger partial charge in [-0.3, -0.25) is 9.59 Å². The van der Waals surface area contributed by atoms with Gasteiger partial charge in [0.05, 0.1) is 11.0 Å².